The van der Waals surface area contributed by atoms with Crippen LogP contribution in [0.3, 0.4) is 0 Å². The van der Waals surface area contributed by atoms with Crippen LogP contribution in [0.4, 0.5) is 0 Å². The molecule has 0 spiro atoms. The number of epoxide rings is 2. The van der Waals surface area contributed by atoms with E-state index in [9.17, 15) is 0 Å². The first-order valence-electron chi connectivity index (χ1n) is 10.9. The molecular formula is C25H32O6. The van der Waals surface area contributed by atoms with Crippen LogP contribution >= 0.6 is 0 Å². The van der Waals surface area contributed by atoms with Crippen LogP contribution in [0.25, 0.3) is 0 Å². The van der Waals surface area contributed by atoms with Crippen LogP contribution < -0.4 is 9.47 Å². The molecule has 0 N–H and O–H groups in total. The Morgan fingerprint density at radius 3 is 1.42 bits per heavy atom. The van der Waals surface area contributed by atoms with Gasteiger partial charge in [0.2, 0.25) is 0 Å². The number of hydrogen-bond acceptors (Lipinski definition) is 6. The third-order valence-electron chi connectivity index (χ3n) is 5.50. The third-order valence-corrected chi connectivity index (χ3v) is 5.50. The molecule has 2 saturated heterocycles. The summed E-state index contributed by atoms with van der Waals surface area (Å²) in [5.74, 6) is 1.67. The van der Waals surface area contributed by atoms with Gasteiger partial charge in [0.05, 0.1) is 12.2 Å². The van der Waals surface area contributed by atoms with Crippen LogP contribution in [0.1, 0.15) is 38.8 Å². The summed E-state index contributed by atoms with van der Waals surface area (Å²) in [5.41, 5.74) is 2.29. The smallest absolute Gasteiger partial charge is 0.181 e. The van der Waals surface area contributed by atoms with E-state index in [0.29, 0.717) is 26.4 Å². The monoisotopic (exact) mass is 428 g/mol. The molecule has 6 nitrogen and oxygen atoms in total. The molecule has 0 aliphatic carbocycles. The molecule has 2 fully saturated rings. The SMILES string of the molecule is CC(COc1ccc(C(C)(C)c2ccc(OCC(C)OC3CO3)cc2)cc1)OC1CO1. The summed E-state index contributed by atoms with van der Waals surface area (Å²) in [6.45, 7) is 10.8. The van der Waals surface area contributed by atoms with Crippen molar-refractivity contribution in [3.63, 3.8) is 0 Å². The normalized spacial score (nSPS) is 21.9. The topological polar surface area (TPSA) is 62.0 Å². The second-order valence-corrected chi connectivity index (χ2v) is 8.71. The highest BCUT2D eigenvalue weighted by atomic mass is 16.8. The molecule has 4 atom stereocenters. The molecule has 4 rings (SSSR count). The maximum atomic E-state index is 5.84. The van der Waals surface area contributed by atoms with Gasteiger partial charge in [0.1, 0.15) is 37.9 Å². The Balaban J connectivity index is 1.30. The summed E-state index contributed by atoms with van der Waals surface area (Å²) in [5, 5.41) is 0. The van der Waals surface area contributed by atoms with Crippen molar-refractivity contribution >= 4 is 0 Å². The van der Waals surface area contributed by atoms with Crippen LogP contribution in [-0.2, 0) is 24.4 Å². The highest BCUT2D eigenvalue weighted by Crippen LogP contribution is 2.33. The standard InChI is InChI=1S/C25H32O6/c1-17(30-23-15-28-23)13-26-21-9-5-19(6-10-21)25(3,4)20-7-11-22(12-8-20)27-14-18(2)31-24-16-29-24/h5-12,17-18,23-24H,13-16H2,1-4H3. The van der Waals surface area contributed by atoms with Gasteiger partial charge in [-0.05, 0) is 49.2 Å². The van der Waals surface area contributed by atoms with Gasteiger partial charge >= 0.3 is 0 Å². The van der Waals surface area contributed by atoms with E-state index in [1.807, 2.05) is 38.1 Å². The lowest BCUT2D eigenvalue weighted by Gasteiger charge is -2.26. The van der Waals surface area contributed by atoms with E-state index >= 15 is 0 Å². The molecule has 2 aliphatic heterocycles. The van der Waals surface area contributed by atoms with Gasteiger partial charge in [-0.3, -0.25) is 0 Å². The van der Waals surface area contributed by atoms with Crippen molar-refractivity contribution in [2.45, 2.75) is 57.9 Å². The fraction of sp³-hybridized carbons (Fsp3) is 0.520. The fourth-order valence-electron chi connectivity index (χ4n) is 3.36. The van der Waals surface area contributed by atoms with Crippen LogP contribution in [0.2, 0.25) is 0 Å². The molecule has 6 heteroatoms. The number of hydrogen-bond donors (Lipinski definition) is 0. The zero-order chi connectivity index (χ0) is 21.8. The average molecular weight is 429 g/mol. The summed E-state index contributed by atoms with van der Waals surface area (Å²) in [6, 6.07) is 16.5. The zero-order valence-electron chi connectivity index (χ0n) is 18.7. The van der Waals surface area contributed by atoms with Crippen molar-refractivity contribution in [3.05, 3.63) is 59.7 Å². The minimum atomic E-state index is -0.142. The maximum absolute atomic E-state index is 5.84. The van der Waals surface area contributed by atoms with Crippen molar-refractivity contribution in [3.8, 4) is 11.5 Å². The largest absolute Gasteiger partial charge is 0.491 e. The molecule has 4 unspecified atom stereocenters. The predicted octanol–water partition coefficient (Wildman–Crippen LogP) is 4.29. The van der Waals surface area contributed by atoms with E-state index in [4.69, 9.17) is 28.4 Å². The average Bonchev–Trinajstić information content (AvgIpc) is 3.69. The first-order chi connectivity index (χ1) is 14.9. The van der Waals surface area contributed by atoms with Gasteiger partial charge in [0.15, 0.2) is 12.6 Å². The molecule has 0 bridgehead atoms. The third kappa shape index (κ3) is 6.43. The Kier molecular flexibility index (Phi) is 6.82. The lowest BCUT2D eigenvalue weighted by Crippen LogP contribution is -2.21. The van der Waals surface area contributed by atoms with E-state index in [2.05, 4.69) is 38.1 Å². The Hall–Kier alpha value is -2.12. The number of ether oxygens (including phenoxy) is 6. The van der Waals surface area contributed by atoms with Crippen molar-refractivity contribution < 1.29 is 28.4 Å². The summed E-state index contributed by atoms with van der Waals surface area (Å²) in [4.78, 5) is 0. The van der Waals surface area contributed by atoms with E-state index in [1.54, 1.807) is 0 Å². The van der Waals surface area contributed by atoms with Crippen LogP contribution in [0, 0.1) is 0 Å². The van der Waals surface area contributed by atoms with Gasteiger partial charge in [0, 0.05) is 5.41 Å². The summed E-state index contributed by atoms with van der Waals surface area (Å²) in [6.07, 6.45) is -0.0952. The highest BCUT2D eigenvalue weighted by molar-refractivity contribution is 5.41. The summed E-state index contributed by atoms with van der Waals surface area (Å²) in [7, 11) is 0. The van der Waals surface area contributed by atoms with E-state index in [1.165, 1.54) is 11.1 Å². The van der Waals surface area contributed by atoms with Crippen LogP contribution in [-0.4, -0.2) is 51.2 Å². The van der Waals surface area contributed by atoms with Crippen molar-refractivity contribution in [1.82, 2.24) is 0 Å². The fourth-order valence-corrected chi connectivity index (χ4v) is 3.36. The lowest BCUT2D eigenvalue weighted by atomic mass is 9.78. The maximum Gasteiger partial charge on any atom is 0.181 e. The van der Waals surface area contributed by atoms with E-state index in [0.717, 1.165) is 11.5 Å². The van der Waals surface area contributed by atoms with Gasteiger partial charge < -0.3 is 28.4 Å². The zero-order valence-corrected chi connectivity index (χ0v) is 18.7. The van der Waals surface area contributed by atoms with Crippen LogP contribution in [0.5, 0.6) is 11.5 Å². The molecule has 2 heterocycles. The summed E-state index contributed by atoms with van der Waals surface area (Å²) >= 11 is 0. The van der Waals surface area contributed by atoms with E-state index < -0.39 is 0 Å². The molecule has 0 radical (unpaired) electrons. The van der Waals surface area contributed by atoms with Gasteiger partial charge in [-0.1, -0.05) is 38.1 Å². The highest BCUT2D eigenvalue weighted by Gasteiger charge is 2.27. The molecule has 0 saturated carbocycles. The second-order valence-electron chi connectivity index (χ2n) is 8.71. The number of benzene rings is 2. The Bertz CT molecular complexity index is 755. The Morgan fingerprint density at radius 2 is 1.10 bits per heavy atom. The molecule has 2 aliphatic rings. The molecular weight excluding hydrogens is 396 g/mol. The van der Waals surface area contributed by atoms with Crippen LogP contribution in [0.15, 0.2) is 48.5 Å². The molecule has 0 aromatic heterocycles. The Morgan fingerprint density at radius 1 is 0.742 bits per heavy atom. The predicted molar refractivity (Wildman–Crippen MR) is 117 cm³/mol. The molecule has 0 amide bonds. The van der Waals surface area contributed by atoms with Gasteiger partial charge in [0.25, 0.3) is 0 Å². The van der Waals surface area contributed by atoms with Crippen molar-refractivity contribution in [1.29, 1.82) is 0 Å². The van der Waals surface area contributed by atoms with Gasteiger partial charge in [-0.15, -0.1) is 0 Å². The molecule has 2 aromatic carbocycles. The van der Waals surface area contributed by atoms with E-state index in [-0.39, 0.29) is 30.2 Å². The quantitative estimate of drug-likeness (QED) is 0.470. The Labute approximate surface area is 184 Å². The minimum Gasteiger partial charge on any atom is -0.491 e. The minimum absolute atomic E-state index is 0.000871. The summed E-state index contributed by atoms with van der Waals surface area (Å²) < 4.78 is 33.1. The van der Waals surface area contributed by atoms with Gasteiger partial charge in [-0.25, -0.2) is 0 Å². The molecule has 31 heavy (non-hydrogen) atoms. The first kappa shape index (κ1) is 22.1. The van der Waals surface area contributed by atoms with Crippen molar-refractivity contribution in [2.24, 2.45) is 0 Å². The lowest BCUT2D eigenvalue weighted by molar-refractivity contribution is -0.0225. The number of rotatable bonds is 12. The van der Waals surface area contributed by atoms with Crippen molar-refractivity contribution in [2.75, 3.05) is 26.4 Å². The molecule has 2 aromatic rings. The second kappa shape index (κ2) is 9.57. The first-order valence-corrected chi connectivity index (χ1v) is 10.9. The van der Waals surface area contributed by atoms with Gasteiger partial charge in [-0.2, -0.15) is 0 Å². The molecule has 168 valence electrons.